The van der Waals surface area contributed by atoms with Gasteiger partial charge in [0.2, 0.25) is 0 Å². The van der Waals surface area contributed by atoms with Crippen molar-refractivity contribution < 1.29 is 4.74 Å². The maximum Gasteiger partial charge on any atom is 0.123 e. The zero-order valence-corrected chi connectivity index (χ0v) is 15.2. The number of alkyl halides is 1. The molecule has 1 nitrogen and oxygen atoms in total. The van der Waals surface area contributed by atoms with Crippen LogP contribution in [0.2, 0.25) is 0 Å². The van der Waals surface area contributed by atoms with Crippen molar-refractivity contribution in [2.24, 2.45) is 0 Å². The van der Waals surface area contributed by atoms with E-state index in [1.807, 2.05) is 0 Å². The number of hydrogen-bond acceptors (Lipinski definition) is 1. The lowest BCUT2D eigenvalue weighted by Crippen LogP contribution is -2.18. The van der Waals surface area contributed by atoms with Crippen LogP contribution in [0.1, 0.15) is 35.4 Å². The average Bonchev–Trinajstić information content (AvgIpc) is 2.74. The van der Waals surface area contributed by atoms with E-state index < -0.39 is 0 Å². The SMILES string of the molecule is CC1(C)COc2ccc(C(Br)c3ccccc3I)cc21. The minimum Gasteiger partial charge on any atom is -0.492 e. The Kier molecular flexibility index (Phi) is 3.84. The van der Waals surface area contributed by atoms with Crippen LogP contribution in [0.15, 0.2) is 42.5 Å². The van der Waals surface area contributed by atoms with Crippen LogP contribution < -0.4 is 4.74 Å². The van der Waals surface area contributed by atoms with Crippen LogP contribution in [-0.2, 0) is 5.41 Å². The molecule has 0 fully saturated rings. The molecule has 0 saturated carbocycles. The molecule has 0 N–H and O–H groups in total. The standard InChI is InChI=1S/C17H16BrIO/c1-17(2)10-20-15-8-7-11(9-13(15)17)16(18)12-5-3-4-6-14(12)19/h3-9,16H,10H2,1-2H3. The smallest absolute Gasteiger partial charge is 0.123 e. The van der Waals surface area contributed by atoms with Gasteiger partial charge in [-0.2, -0.15) is 0 Å². The molecule has 1 atom stereocenters. The molecule has 3 rings (SSSR count). The van der Waals surface area contributed by atoms with Crippen molar-refractivity contribution in [1.82, 2.24) is 0 Å². The van der Waals surface area contributed by atoms with Gasteiger partial charge in [0.25, 0.3) is 0 Å². The number of ether oxygens (including phenoxy) is 1. The van der Waals surface area contributed by atoms with Crippen LogP contribution in [0.3, 0.4) is 0 Å². The molecule has 0 amide bonds. The van der Waals surface area contributed by atoms with E-state index in [1.54, 1.807) is 0 Å². The minimum atomic E-state index is 0.0991. The maximum absolute atomic E-state index is 5.76. The van der Waals surface area contributed by atoms with E-state index in [1.165, 1.54) is 20.3 Å². The van der Waals surface area contributed by atoms with Gasteiger partial charge in [0, 0.05) is 14.5 Å². The summed E-state index contributed by atoms with van der Waals surface area (Å²) in [6.45, 7) is 5.23. The highest BCUT2D eigenvalue weighted by molar-refractivity contribution is 14.1. The van der Waals surface area contributed by atoms with Gasteiger partial charge in [0.05, 0.1) is 11.4 Å². The van der Waals surface area contributed by atoms with E-state index in [0.717, 1.165) is 12.4 Å². The fourth-order valence-electron chi connectivity index (χ4n) is 2.56. The summed E-state index contributed by atoms with van der Waals surface area (Å²) in [6, 6.07) is 15.0. The molecule has 0 bridgehead atoms. The van der Waals surface area contributed by atoms with Gasteiger partial charge < -0.3 is 4.74 Å². The molecule has 0 saturated heterocycles. The predicted molar refractivity (Wildman–Crippen MR) is 94.9 cm³/mol. The summed E-state index contributed by atoms with van der Waals surface area (Å²) in [5.41, 5.74) is 4.00. The Morgan fingerprint density at radius 2 is 1.95 bits per heavy atom. The molecule has 2 aromatic carbocycles. The summed E-state index contributed by atoms with van der Waals surface area (Å²) in [5, 5.41) is 0. The van der Waals surface area contributed by atoms with Crippen LogP contribution in [0.25, 0.3) is 0 Å². The summed E-state index contributed by atoms with van der Waals surface area (Å²) >= 11 is 6.24. The zero-order chi connectivity index (χ0) is 14.3. The third kappa shape index (κ3) is 2.50. The van der Waals surface area contributed by atoms with Crippen molar-refractivity contribution in [2.45, 2.75) is 24.1 Å². The molecule has 1 unspecified atom stereocenters. The highest BCUT2D eigenvalue weighted by Crippen LogP contribution is 2.42. The number of halogens is 2. The number of rotatable bonds is 2. The summed E-state index contributed by atoms with van der Waals surface area (Å²) in [5.74, 6) is 1.03. The largest absolute Gasteiger partial charge is 0.492 e. The third-order valence-corrected chi connectivity index (χ3v) is 5.80. The molecular formula is C17H16BrIO. The Morgan fingerprint density at radius 3 is 2.70 bits per heavy atom. The van der Waals surface area contributed by atoms with E-state index >= 15 is 0 Å². The van der Waals surface area contributed by atoms with Crippen LogP contribution in [0.4, 0.5) is 0 Å². The summed E-state index contributed by atoms with van der Waals surface area (Å²) in [7, 11) is 0. The van der Waals surface area contributed by atoms with Crippen molar-refractivity contribution in [1.29, 1.82) is 0 Å². The quantitative estimate of drug-likeness (QED) is 0.444. The van der Waals surface area contributed by atoms with E-state index in [-0.39, 0.29) is 10.2 Å². The van der Waals surface area contributed by atoms with Gasteiger partial charge in [0.1, 0.15) is 5.75 Å². The van der Waals surface area contributed by atoms with Crippen LogP contribution in [-0.4, -0.2) is 6.61 Å². The topological polar surface area (TPSA) is 9.23 Å². The molecule has 20 heavy (non-hydrogen) atoms. The zero-order valence-electron chi connectivity index (χ0n) is 11.5. The molecule has 3 heteroatoms. The number of hydrogen-bond donors (Lipinski definition) is 0. The van der Waals surface area contributed by atoms with Gasteiger partial charge in [-0.05, 0) is 51.9 Å². The third-order valence-electron chi connectivity index (χ3n) is 3.79. The Labute approximate surface area is 142 Å². The molecule has 1 aliphatic heterocycles. The van der Waals surface area contributed by atoms with Crippen molar-refractivity contribution in [2.75, 3.05) is 6.61 Å². The van der Waals surface area contributed by atoms with E-state index in [9.17, 15) is 0 Å². The number of fused-ring (bicyclic) bond motifs is 1. The first-order valence-corrected chi connectivity index (χ1v) is 8.64. The molecule has 0 radical (unpaired) electrons. The molecule has 1 aliphatic rings. The van der Waals surface area contributed by atoms with E-state index in [0.29, 0.717) is 0 Å². The molecule has 1 heterocycles. The first-order valence-electron chi connectivity index (χ1n) is 6.65. The number of benzene rings is 2. The van der Waals surface area contributed by atoms with Gasteiger partial charge in [-0.15, -0.1) is 0 Å². The summed E-state index contributed by atoms with van der Waals surface area (Å²) in [4.78, 5) is 0.220. The molecule has 104 valence electrons. The molecule has 0 aliphatic carbocycles. The maximum atomic E-state index is 5.76. The predicted octanol–water partition coefficient (Wildman–Crippen LogP) is 5.45. The fourth-order valence-corrected chi connectivity index (χ4v) is 4.37. The monoisotopic (exact) mass is 442 g/mol. The normalized spacial score (nSPS) is 17.4. The highest BCUT2D eigenvalue weighted by atomic mass is 127. The molecule has 0 aromatic heterocycles. The van der Waals surface area contributed by atoms with Crippen LogP contribution >= 0.6 is 38.5 Å². The Balaban J connectivity index is 2.02. The van der Waals surface area contributed by atoms with Crippen molar-refractivity contribution in [3.05, 3.63) is 62.7 Å². The van der Waals surface area contributed by atoms with Gasteiger partial charge >= 0.3 is 0 Å². The fraction of sp³-hybridized carbons (Fsp3) is 0.294. The van der Waals surface area contributed by atoms with Gasteiger partial charge in [-0.25, -0.2) is 0 Å². The van der Waals surface area contributed by atoms with Crippen molar-refractivity contribution in [3.63, 3.8) is 0 Å². The lowest BCUT2D eigenvalue weighted by atomic mass is 9.85. The lowest BCUT2D eigenvalue weighted by Gasteiger charge is -2.18. The van der Waals surface area contributed by atoms with Crippen LogP contribution in [0.5, 0.6) is 5.75 Å². The Bertz CT molecular complexity index is 651. The Hall–Kier alpha value is -0.550. The second-order valence-corrected chi connectivity index (χ2v) is 7.89. The second-order valence-electron chi connectivity index (χ2n) is 5.81. The minimum absolute atomic E-state index is 0.0991. The molecule has 2 aromatic rings. The first-order chi connectivity index (χ1) is 9.49. The van der Waals surface area contributed by atoms with Gasteiger partial charge in [0.15, 0.2) is 0 Å². The molecular weight excluding hydrogens is 427 g/mol. The average molecular weight is 443 g/mol. The highest BCUT2D eigenvalue weighted by Gasteiger charge is 2.32. The summed E-state index contributed by atoms with van der Waals surface area (Å²) < 4.78 is 7.04. The van der Waals surface area contributed by atoms with Crippen LogP contribution in [0, 0.1) is 3.57 Å². The van der Waals surface area contributed by atoms with E-state index in [2.05, 4.69) is 94.8 Å². The Morgan fingerprint density at radius 1 is 1.20 bits per heavy atom. The van der Waals surface area contributed by atoms with Gasteiger partial charge in [-0.3, -0.25) is 0 Å². The molecule has 0 spiro atoms. The van der Waals surface area contributed by atoms with Gasteiger partial charge in [-0.1, -0.05) is 54.0 Å². The summed E-state index contributed by atoms with van der Waals surface area (Å²) in [6.07, 6.45) is 0. The lowest BCUT2D eigenvalue weighted by molar-refractivity contribution is 0.291. The first kappa shape index (κ1) is 14.4. The van der Waals surface area contributed by atoms with E-state index in [4.69, 9.17) is 4.74 Å². The second kappa shape index (κ2) is 5.34. The van der Waals surface area contributed by atoms with Crippen molar-refractivity contribution >= 4 is 38.5 Å². The van der Waals surface area contributed by atoms with Crippen molar-refractivity contribution in [3.8, 4) is 5.75 Å².